The summed E-state index contributed by atoms with van der Waals surface area (Å²) in [7, 11) is 0. The lowest BCUT2D eigenvalue weighted by molar-refractivity contribution is 0.318. The van der Waals surface area contributed by atoms with Crippen molar-refractivity contribution < 1.29 is 9.60 Å². The fourth-order valence-corrected chi connectivity index (χ4v) is 2.86. The van der Waals surface area contributed by atoms with Gasteiger partial charge in [0.05, 0.1) is 5.56 Å². The minimum Gasteiger partial charge on any atom is -0.409 e. The van der Waals surface area contributed by atoms with Crippen LogP contribution in [0, 0.1) is 11.7 Å². The van der Waals surface area contributed by atoms with Gasteiger partial charge in [-0.05, 0) is 31.7 Å². The quantitative estimate of drug-likeness (QED) is 0.336. The first-order valence-electron chi connectivity index (χ1n) is 7.12. The maximum atomic E-state index is 14.2. The Labute approximate surface area is 118 Å². The van der Waals surface area contributed by atoms with Crippen molar-refractivity contribution in [2.45, 2.75) is 45.2 Å². The van der Waals surface area contributed by atoms with Gasteiger partial charge < -0.3 is 16.3 Å². The largest absolute Gasteiger partial charge is 0.409 e. The van der Waals surface area contributed by atoms with Gasteiger partial charge in [-0.3, -0.25) is 0 Å². The van der Waals surface area contributed by atoms with Crippen LogP contribution in [0.15, 0.2) is 23.4 Å². The fraction of sp³-hybridized carbons (Fsp3) is 0.533. The van der Waals surface area contributed by atoms with Gasteiger partial charge in [-0.2, -0.15) is 0 Å². The van der Waals surface area contributed by atoms with Crippen LogP contribution >= 0.6 is 0 Å². The zero-order valence-electron chi connectivity index (χ0n) is 11.8. The van der Waals surface area contributed by atoms with Crippen LogP contribution in [0.1, 0.15) is 43.7 Å². The molecule has 0 aliphatic heterocycles. The number of amidine groups is 1. The normalized spacial score (nSPS) is 18.4. The Bertz CT molecular complexity index is 484. The van der Waals surface area contributed by atoms with E-state index in [1.165, 1.54) is 31.7 Å². The van der Waals surface area contributed by atoms with Crippen molar-refractivity contribution in [3.8, 4) is 0 Å². The number of hydrogen-bond donors (Lipinski definition) is 3. The first kappa shape index (κ1) is 14.8. The molecule has 0 bridgehead atoms. The van der Waals surface area contributed by atoms with Crippen molar-refractivity contribution in [3.05, 3.63) is 35.1 Å². The molecule has 0 heterocycles. The Morgan fingerprint density at radius 1 is 1.50 bits per heavy atom. The average molecular weight is 279 g/mol. The maximum Gasteiger partial charge on any atom is 0.173 e. The summed E-state index contributed by atoms with van der Waals surface area (Å²) in [5.41, 5.74) is 6.14. The Balaban J connectivity index is 2.02. The summed E-state index contributed by atoms with van der Waals surface area (Å²) in [6.07, 6.45) is 5.09. The van der Waals surface area contributed by atoms with Gasteiger partial charge in [0.25, 0.3) is 0 Å². The Morgan fingerprint density at radius 3 is 2.85 bits per heavy atom. The van der Waals surface area contributed by atoms with E-state index in [1.54, 1.807) is 12.1 Å². The third-order valence-electron chi connectivity index (χ3n) is 4.18. The monoisotopic (exact) mass is 279 g/mol. The molecule has 4 N–H and O–H groups in total. The predicted octanol–water partition coefficient (Wildman–Crippen LogP) is 2.59. The van der Waals surface area contributed by atoms with E-state index >= 15 is 0 Å². The minimum absolute atomic E-state index is 0.139. The summed E-state index contributed by atoms with van der Waals surface area (Å²) in [5.74, 6) is 0.0624. The van der Waals surface area contributed by atoms with Crippen molar-refractivity contribution in [1.29, 1.82) is 0 Å². The zero-order valence-corrected chi connectivity index (χ0v) is 11.8. The van der Waals surface area contributed by atoms with Gasteiger partial charge >= 0.3 is 0 Å². The minimum atomic E-state index is -0.422. The van der Waals surface area contributed by atoms with Crippen molar-refractivity contribution in [1.82, 2.24) is 5.32 Å². The Morgan fingerprint density at radius 2 is 2.20 bits per heavy atom. The molecule has 1 aromatic carbocycles. The van der Waals surface area contributed by atoms with E-state index < -0.39 is 5.82 Å². The number of oxime groups is 1. The molecule has 1 aliphatic carbocycles. The molecule has 2 rings (SSSR count). The average Bonchev–Trinajstić information content (AvgIpc) is 2.99. The summed E-state index contributed by atoms with van der Waals surface area (Å²) in [6, 6.07) is 5.32. The molecule has 4 nitrogen and oxygen atoms in total. The topological polar surface area (TPSA) is 70.6 Å². The molecular weight excluding hydrogens is 257 g/mol. The van der Waals surface area contributed by atoms with Gasteiger partial charge in [0.2, 0.25) is 0 Å². The molecule has 1 aromatic rings. The molecule has 0 radical (unpaired) electrons. The Kier molecular flexibility index (Phi) is 4.95. The molecule has 0 unspecified atom stereocenters. The smallest absolute Gasteiger partial charge is 0.173 e. The second-order valence-corrected chi connectivity index (χ2v) is 5.48. The van der Waals surface area contributed by atoms with Crippen LogP contribution in [-0.2, 0) is 6.54 Å². The van der Waals surface area contributed by atoms with Crippen LogP contribution in [0.4, 0.5) is 4.39 Å². The van der Waals surface area contributed by atoms with Crippen LogP contribution in [-0.4, -0.2) is 17.1 Å². The third kappa shape index (κ3) is 3.28. The van der Waals surface area contributed by atoms with E-state index in [0.29, 0.717) is 24.1 Å². The van der Waals surface area contributed by atoms with Crippen LogP contribution in [0.25, 0.3) is 0 Å². The van der Waals surface area contributed by atoms with Gasteiger partial charge in [0.15, 0.2) is 5.84 Å². The van der Waals surface area contributed by atoms with Crippen LogP contribution in [0.3, 0.4) is 0 Å². The van der Waals surface area contributed by atoms with E-state index in [-0.39, 0.29) is 11.4 Å². The lowest BCUT2D eigenvalue weighted by Crippen LogP contribution is -2.32. The molecule has 0 saturated heterocycles. The highest BCUT2D eigenvalue weighted by atomic mass is 19.1. The summed E-state index contributed by atoms with van der Waals surface area (Å²) >= 11 is 0. The highest BCUT2D eigenvalue weighted by Crippen LogP contribution is 2.27. The highest BCUT2D eigenvalue weighted by Gasteiger charge is 2.21. The zero-order chi connectivity index (χ0) is 14.5. The summed E-state index contributed by atoms with van der Waals surface area (Å²) in [6.45, 7) is 2.61. The summed E-state index contributed by atoms with van der Waals surface area (Å²) < 4.78 is 14.2. The molecule has 20 heavy (non-hydrogen) atoms. The number of halogens is 1. The van der Waals surface area contributed by atoms with Crippen molar-refractivity contribution in [3.63, 3.8) is 0 Å². The van der Waals surface area contributed by atoms with Crippen molar-refractivity contribution in [2.24, 2.45) is 16.8 Å². The number of benzene rings is 1. The summed E-state index contributed by atoms with van der Waals surface area (Å²) in [4.78, 5) is 0. The Hall–Kier alpha value is -1.62. The predicted molar refractivity (Wildman–Crippen MR) is 77.2 cm³/mol. The highest BCUT2D eigenvalue weighted by molar-refractivity contribution is 5.97. The first-order chi connectivity index (χ1) is 9.63. The van der Waals surface area contributed by atoms with E-state index in [1.807, 2.05) is 0 Å². The number of nitrogens with two attached hydrogens (primary N) is 1. The number of nitrogens with zero attached hydrogens (tertiary/aromatic N) is 1. The van der Waals surface area contributed by atoms with Crippen LogP contribution in [0.5, 0.6) is 0 Å². The van der Waals surface area contributed by atoms with Crippen LogP contribution < -0.4 is 11.1 Å². The molecule has 1 aliphatic rings. The van der Waals surface area contributed by atoms with Gasteiger partial charge in [-0.1, -0.05) is 30.1 Å². The standard InChI is InChI=1S/C15H22FN3O/c1-10(11-5-2-3-6-11)18-9-12-7-4-8-13(14(12)16)15(17)19-20/h4,7-8,10-11,18,20H,2-3,5-6,9H2,1H3,(H2,17,19)/t10-/m0/s1. The molecule has 1 saturated carbocycles. The maximum absolute atomic E-state index is 14.2. The van der Waals surface area contributed by atoms with E-state index in [2.05, 4.69) is 17.4 Å². The summed E-state index contributed by atoms with van der Waals surface area (Å²) in [5, 5.41) is 14.9. The lowest BCUT2D eigenvalue weighted by Gasteiger charge is -2.20. The molecule has 0 aromatic heterocycles. The van der Waals surface area contributed by atoms with Crippen molar-refractivity contribution >= 4 is 5.84 Å². The molecule has 1 atom stereocenters. The van der Waals surface area contributed by atoms with E-state index in [4.69, 9.17) is 10.9 Å². The number of rotatable bonds is 5. The second-order valence-electron chi connectivity index (χ2n) is 5.48. The van der Waals surface area contributed by atoms with Crippen LogP contribution in [0.2, 0.25) is 0 Å². The lowest BCUT2D eigenvalue weighted by atomic mass is 9.99. The molecule has 0 amide bonds. The SMILES string of the molecule is C[C@H](NCc1cccc(/C(N)=N/O)c1F)C1CCCC1. The molecule has 0 spiro atoms. The van der Waals surface area contributed by atoms with Gasteiger partial charge in [-0.15, -0.1) is 0 Å². The number of nitrogens with one attached hydrogen (secondary N) is 1. The van der Waals surface area contributed by atoms with E-state index in [9.17, 15) is 4.39 Å². The van der Waals surface area contributed by atoms with Gasteiger partial charge in [0, 0.05) is 18.2 Å². The second kappa shape index (κ2) is 6.70. The fourth-order valence-electron chi connectivity index (χ4n) is 2.86. The van der Waals surface area contributed by atoms with Gasteiger partial charge in [-0.25, -0.2) is 4.39 Å². The first-order valence-corrected chi connectivity index (χ1v) is 7.12. The van der Waals surface area contributed by atoms with Crippen molar-refractivity contribution in [2.75, 3.05) is 0 Å². The van der Waals surface area contributed by atoms with E-state index in [0.717, 1.165) is 0 Å². The molecule has 1 fully saturated rings. The van der Waals surface area contributed by atoms with Gasteiger partial charge in [0.1, 0.15) is 5.82 Å². The molecule has 110 valence electrons. The molecular formula is C15H22FN3O. The number of hydrogen-bond acceptors (Lipinski definition) is 3. The molecule has 5 heteroatoms. The third-order valence-corrected chi connectivity index (χ3v) is 4.18.